The summed E-state index contributed by atoms with van der Waals surface area (Å²) < 4.78 is 0. The van der Waals surface area contributed by atoms with E-state index in [1.54, 1.807) is 0 Å². The van der Waals surface area contributed by atoms with E-state index < -0.39 is 35.9 Å². The number of nitrogens with one attached hydrogen (secondary N) is 1. The van der Waals surface area contributed by atoms with Crippen molar-refractivity contribution in [3.63, 3.8) is 0 Å². The van der Waals surface area contributed by atoms with Gasteiger partial charge < -0.3 is 25.5 Å². The van der Waals surface area contributed by atoms with Crippen molar-refractivity contribution < 1.29 is 34.5 Å². The number of carbonyl (C=O) groups excluding carboxylic acids is 1. The lowest BCUT2D eigenvalue weighted by Gasteiger charge is -2.36. The van der Waals surface area contributed by atoms with Crippen LogP contribution in [0.25, 0.3) is 0 Å². The average molecular weight is 302 g/mol. The smallest absolute Gasteiger partial charge is 0.326 e. The number of aliphatic carboxylic acids is 3. The molecule has 9 nitrogen and oxygen atoms in total. The first-order valence-corrected chi connectivity index (χ1v) is 6.53. The zero-order chi connectivity index (χ0) is 16.0. The molecule has 0 bridgehead atoms. The molecule has 21 heavy (non-hydrogen) atoms. The largest absolute Gasteiger partial charge is 0.481 e. The molecule has 2 unspecified atom stereocenters. The molecule has 1 aliphatic rings. The topological polar surface area (TPSA) is 144 Å². The highest BCUT2D eigenvalue weighted by Gasteiger charge is 2.36. The van der Waals surface area contributed by atoms with E-state index in [1.807, 2.05) is 0 Å². The average Bonchev–Trinajstić information content (AvgIpc) is 2.38. The molecular weight excluding hydrogens is 284 g/mol. The fourth-order valence-electron chi connectivity index (χ4n) is 2.23. The summed E-state index contributed by atoms with van der Waals surface area (Å²) >= 11 is 0. The number of nitrogens with zero attached hydrogens (tertiary/aromatic N) is 1. The molecule has 1 amide bonds. The predicted octanol–water partition coefficient (Wildman–Crippen LogP) is -1.03. The maximum absolute atomic E-state index is 12.2. The lowest BCUT2D eigenvalue weighted by atomic mass is 10.0. The summed E-state index contributed by atoms with van der Waals surface area (Å²) in [7, 11) is 0. The number of carboxylic acids is 3. The fraction of sp³-hybridized carbons (Fsp3) is 0.667. The standard InChI is InChI=1S/C12H18N2O7/c15-9(16)3-1-7-11(19)14(6-5-13-7)8(12(20)21)2-4-10(17)18/h7-8,13H,1-6H2,(H,15,16)(H,17,18)(H,20,21). The molecule has 0 radical (unpaired) electrons. The number of carbonyl (C=O) groups is 4. The van der Waals surface area contributed by atoms with E-state index in [0.717, 1.165) is 4.90 Å². The van der Waals surface area contributed by atoms with Crippen LogP contribution < -0.4 is 5.32 Å². The first kappa shape index (κ1) is 16.9. The highest BCUT2D eigenvalue weighted by molar-refractivity contribution is 5.88. The maximum Gasteiger partial charge on any atom is 0.326 e. The Morgan fingerprint density at radius 3 is 2.33 bits per heavy atom. The van der Waals surface area contributed by atoms with E-state index in [2.05, 4.69) is 5.32 Å². The summed E-state index contributed by atoms with van der Waals surface area (Å²) in [6.07, 6.45) is -0.671. The quantitative estimate of drug-likeness (QED) is 0.445. The van der Waals surface area contributed by atoms with Crippen molar-refractivity contribution in [3.8, 4) is 0 Å². The molecule has 118 valence electrons. The molecule has 0 aromatic rings. The Kier molecular flexibility index (Phi) is 6.10. The highest BCUT2D eigenvalue weighted by atomic mass is 16.4. The van der Waals surface area contributed by atoms with Crippen LogP contribution in [0.1, 0.15) is 25.7 Å². The molecule has 0 aromatic heterocycles. The van der Waals surface area contributed by atoms with E-state index >= 15 is 0 Å². The second-order valence-corrected chi connectivity index (χ2v) is 4.76. The zero-order valence-corrected chi connectivity index (χ0v) is 11.3. The van der Waals surface area contributed by atoms with Crippen molar-refractivity contribution in [2.75, 3.05) is 13.1 Å². The maximum atomic E-state index is 12.2. The molecule has 2 atom stereocenters. The normalized spacial score (nSPS) is 20.1. The Hall–Kier alpha value is -2.16. The summed E-state index contributed by atoms with van der Waals surface area (Å²) in [4.78, 5) is 45.6. The first-order chi connectivity index (χ1) is 9.82. The zero-order valence-electron chi connectivity index (χ0n) is 11.3. The Bertz CT molecular complexity index is 437. The van der Waals surface area contributed by atoms with Crippen molar-refractivity contribution >= 4 is 23.8 Å². The minimum atomic E-state index is -1.26. The van der Waals surface area contributed by atoms with E-state index in [9.17, 15) is 19.2 Å². The van der Waals surface area contributed by atoms with Gasteiger partial charge in [0.15, 0.2) is 0 Å². The second-order valence-electron chi connectivity index (χ2n) is 4.76. The van der Waals surface area contributed by atoms with Gasteiger partial charge in [-0.2, -0.15) is 0 Å². The highest BCUT2D eigenvalue weighted by Crippen LogP contribution is 2.15. The van der Waals surface area contributed by atoms with Crippen LogP contribution in [0.2, 0.25) is 0 Å². The van der Waals surface area contributed by atoms with E-state index in [1.165, 1.54) is 0 Å². The van der Waals surface area contributed by atoms with Crippen LogP contribution in [0.5, 0.6) is 0 Å². The molecule has 1 fully saturated rings. The molecule has 0 aliphatic carbocycles. The minimum Gasteiger partial charge on any atom is -0.481 e. The second kappa shape index (κ2) is 7.58. The molecule has 0 saturated carbocycles. The number of carboxylic acid groups (broad SMARTS) is 3. The molecule has 4 N–H and O–H groups in total. The van der Waals surface area contributed by atoms with Gasteiger partial charge in [0.05, 0.1) is 6.04 Å². The molecule has 1 heterocycles. The third-order valence-corrected chi connectivity index (χ3v) is 3.26. The summed E-state index contributed by atoms with van der Waals surface area (Å²) in [6, 6.07) is -1.95. The van der Waals surface area contributed by atoms with Gasteiger partial charge in [-0.25, -0.2) is 4.79 Å². The van der Waals surface area contributed by atoms with E-state index in [-0.39, 0.29) is 32.2 Å². The lowest BCUT2D eigenvalue weighted by molar-refractivity contribution is -0.154. The van der Waals surface area contributed by atoms with Gasteiger partial charge in [-0.05, 0) is 12.8 Å². The summed E-state index contributed by atoms with van der Waals surface area (Å²) in [6.45, 7) is 0.492. The van der Waals surface area contributed by atoms with Crippen molar-refractivity contribution in [1.82, 2.24) is 10.2 Å². The van der Waals surface area contributed by atoms with Crippen LogP contribution in [-0.4, -0.2) is 69.2 Å². The van der Waals surface area contributed by atoms with Gasteiger partial charge in [0.2, 0.25) is 5.91 Å². The van der Waals surface area contributed by atoms with Crippen molar-refractivity contribution in [2.45, 2.75) is 37.8 Å². The van der Waals surface area contributed by atoms with Gasteiger partial charge in [-0.15, -0.1) is 0 Å². The number of rotatable bonds is 8. The molecule has 1 aliphatic heterocycles. The summed E-state index contributed by atoms with van der Waals surface area (Å²) in [5.41, 5.74) is 0. The van der Waals surface area contributed by atoms with Crippen LogP contribution in [0.3, 0.4) is 0 Å². The number of hydrogen-bond acceptors (Lipinski definition) is 5. The van der Waals surface area contributed by atoms with E-state index in [4.69, 9.17) is 15.3 Å². The molecular formula is C12H18N2O7. The van der Waals surface area contributed by atoms with Gasteiger partial charge in [-0.1, -0.05) is 0 Å². The van der Waals surface area contributed by atoms with Crippen molar-refractivity contribution in [1.29, 1.82) is 0 Å². The number of piperazine rings is 1. The first-order valence-electron chi connectivity index (χ1n) is 6.53. The SMILES string of the molecule is O=C(O)CCC1NCCN(C(CCC(=O)O)C(=O)O)C1=O. The van der Waals surface area contributed by atoms with E-state index in [0.29, 0.717) is 6.54 Å². The molecule has 1 saturated heterocycles. The van der Waals surface area contributed by atoms with Gasteiger partial charge in [0.25, 0.3) is 0 Å². The molecule has 9 heteroatoms. The Balaban J connectivity index is 2.73. The van der Waals surface area contributed by atoms with Gasteiger partial charge in [-0.3, -0.25) is 14.4 Å². The van der Waals surface area contributed by atoms with Crippen LogP contribution in [0.15, 0.2) is 0 Å². The Labute approximate surface area is 120 Å². The predicted molar refractivity (Wildman–Crippen MR) is 68.7 cm³/mol. The Morgan fingerprint density at radius 1 is 1.19 bits per heavy atom. The minimum absolute atomic E-state index is 0.0654. The van der Waals surface area contributed by atoms with Crippen LogP contribution >= 0.6 is 0 Å². The third kappa shape index (κ3) is 5.03. The van der Waals surface area contributed by atoms with Crippen LogP contribution in [0, 0.1) is 0 Å². The lowest BCUT2D eigenvalue weighted by Crippen LogP contribution is -2.59. The Morgan fingerprint density at radius 2 is 1.81 bits per heavy atom. The molecule has 1 rings (SSSR count). The van der Waals surface area contributed by atoms with Crippen molar-refractivity contribution in [3.05, 3.63) is 0 Å². The fourth-order valence-corrected chi connectivity index (χ4v) is 2.23. The van der Waals surface area contributed by atoms with Gasteiger partial charge >= 0.3 is 17.9 Å². The number of hydrogen-bond donors (Lipinski definition) is 4. The third-order valence-electron chi connectivity index (χ3n) is 3.26. The molecule has 0 spiro atoms. The van der Waals surface area contributed by atoms with Crippen LogP contribution in [-0.2, 0) is 19.2 Å². The summed E-state index contributed by atoms with van der Waals surface area (Å²) in [5, 5.41) is 29.3. The van der Waals surface area contributed by atoms with Gasteiger partial charge in [0, 0.05) is 25.9 Å². The number of amides is 1. The van der Waals surface area contributed by atoms with Crippen LogP contribution in [0.4, 0.5) is 0 Å². The summed E-state index contributed by atoms with van der Waals surface area (Å²) in [5.74, 6) is -3.93. The van der Waals surface area contributed by atoms with Crippen molar-refractivity contribution in [2.24, 2.45) is 0 Å². The monoisotopic (exact) mass is 302 g/mol. The molecule has 0 aromatic carbocycles. The van der Waals surface area contributed by atoms with Gasteiger partial charge in [0.1, 0.15) is 6.04 Å².